The summed E-state index contributed by atoms with van der Waals surface area (Å²) in [5, 5.41) is 1.06. The van der Waals surface area contributed by atoms with Crippen molar-refractivity contribution in [2.75, 3.05) is 25.6 Å². The van der Waals surface area contributed by atoms with Crippen LogP contribution >= 0.6 is 11.3 Å². The minimum Gasteiger partial charge on any atom is -0.463 e. The number of aryl methyl sites for hydroxylation is 1. The Kier molecular flexibility index (Phi) is 6.14. The number of aromatic nitrogens is 2. The van der Waals surface area contributed by atoms with E-state index in [0.717, 1.165) is 33.4 Å². The molecular formula is C28H28N4O3S. The summed E-state index contributed by atoms with van der Waals surface area (Å²) in [7, 11) is 3.94. The fourth-order valence-electron chi connectivity index (χ4n) is 4.68. The van der Waals surface area contributed by atoms with Crippen LogP contribution in [-0.2, 0) is 9.53 Å². The number of thiazole rings is 1. The monoisotopic (exact) mass is 500 g/mol. The molecule has 1 aliphatic heterocycles. The normalized spacial score (nSPS) is 15.7. The molecule has 2 aromatic carbocycles. The van der Waals surface area contributed by atoms with Crippen molar-refractivity contribution >= 4 is 40.0 Å². The smallest absolute Gasteiger partial charge is 0.338 e. The second-order valence-electron chi connectivity index (χ2n) is 9.00. The van der Waals surface area contributed by atoms with Crippen LogP contribution in [0, 0.1) is 6.92 Å². The molecule has 3 heterocycles. The van der Waals surface area contributed by atoms with E-state index in [-0.39, 0.29) is 12.2 Å². The first-order chi connectivity index (χ1) is 17.3. The molecule has 1 atom stereocenters. The maximum atomic E-state index is 13.9. The number of H-pyrrole nitrogens is 1. The maximum Gasteiger partial charge on any atom is 0.338 e. The highest BCUT2D eigenvalue weighted by Gasteiger charge is 2.33. The van der Waals surface area contributed by atoms with Crippen molar-refractivity contribution in [3.05, 3.63) is 96.3 Å². The number of nitrogens with zero attached hydrogens (tertiary/aromatic N) is 3. The Morgan fingerprint density at radius 1 is 1.17 bits per heavy atom. The molecule has 1 N–H and O–H groups in total. The molecule has 0 unspecified atom stereocenters. The number of hydrogen-bond donors (Lipinski definition) is 1. The van der Waals surface area contributed by atoms with E-state index in [0.29, 0.717) is 20.6 Å². The number of aromatic amines is 1. The number of rotatable bonds is 5. The predicted molar refractivity (Wildman–Crippen MR) is 144 cm³/mol. The van der Waals surface area contributed by atoms with Gasteiger partial charge in [0.2, 0.25) is 0 Å². The number of carbonyl (C=O) groups is 1. The lowest BCUT2D eigenvalue weighted by molar-refractivity contribution is -0.139. The summed E-state index contributed by atoms with van der Waals surface area (Å²) in [5.74, 6) is -0.456. The second-order valence-corrected chi connectivity index (χ2v) is 10.0. The number of benzene rings is 2. The summed E-state index contributed by atoms with van der Waals surface area (Å²) < 4.78 is 7.58. The first-order valence-electron chi connectivity index (χ1n) is 11.8. The van der Waals surface area contributed by atoms with Crippen molar-refractivity contribution in [2.24, 2.45) is 4.99 Å². The molecule has 7 nitrogen and oxygen atoms in total. The number of carbonyl (C=O) groups excluding carboxylic acids is 1. The standard InChI is InChI=1S/C28H28N4O3S/c1-6-35-27(34)24-17(3)30-28-32(25(24)18-11-13-19(14-12-18)31(4)5)26(33)23(36-28)15-21-16(2)29-22-10-8-7-9-20(21)22/h7-15,25,29H,6H2,1-5H3/b23-15+/t25-/m1/s1. The van der Waals surface area contributed by atoms with E-state index < -0.39 is 12.0 Å². The Balaban J connectivity index is 1.74. The molecule has 8 heteroatoms. The highest BCUT2D eigenvalue weighted by Crippen LogP contribution is 2.31. The molecule has 0 radical (unpaired) electrons. The molecule has 5 rings (SSSR count). The van der Waals surface area contributed by atoms with Gasteiger partial charge >= 0.3 is 5.97 Å². The van der Waals surface area contributed by atoms with Crippen LogP contribution in [0.4, 0.5) is 5.69 Å². The first kappa shape index (κ1) is 23.8. The van der Waals surface area contributed by atoms with Gasteiger partial charge in [0, 0.05) is 41.9 Å². The van der Waals surface area contributed by atoms with Crippen molar-refractivity contribution in [1.29, 1.82) is 0 Å². The van der Waals surface area contributed by atoms with Gasteiger partial charge in [-0.2, -0.15) is 0 Å². The van der Waals surface area contributed by atoms with E-state index >= 15 is 0 Å². The molecule has 0 fully saturated rings. The van der Waals surface area contributed by atoms with Gasteiger partial charge in [0.05, 0.1) is 28.5 Å². The molecule has 0 saturated heterocycles. The molecule has 184 valence electrons. The predicted octanol–water partition coefficient (Wildman–Crippen LogP) is 3.65. The van der Waals surface area contributed by atoms with E-state index in [4.69, 9.17) is 4.74 Å². The van der Waals surface area contributed by atoms with Crippen molar-refractivity contribution in [3.8, 4) is 0 Å². The van der Waals surface area contributed by atoms with Crippen LogP contribution in [0.3, 0.4) is 0 Å². The van der Waals surface area contributed by atoms with Gasteiger partial charge in [-0.05, 0) is 50.6 Å². The van der Waals surface area contributed by atoms with Gasteiger partial charge < -0.3 is 14.6 Å². The average Bonchev–Trinajstić information content (AvgIpc) is 3.34. The Morgan fingerprint density at radius 3 is 2.58 bits per heavy atom. The summed E-state index contributed by atoms with van der Waals surface area (Å²) in [6, 6.07) is 15.3. The molecule has 0 spiro atoms. The zero-order valence-corrected chi connectivity index (χ0v) is 21.8. The number of hydrogen-bond acceptors (Lipinski definition) is 6. The molecule has 0 amide bonds. The number of esters is 1. The van der Waals surface area contributed by atoms with Gasteiger partial charge in [-0.1, -0.05) is 41.7 Å². The first-order valence-corrected chi connectivity index (χ1v) is 12.7. The van der Waals surface area contributed by atoms with Crippen molar-refractivity contribution in [2.45, 2.75) is 26.8 Å². The van der Waals surface area contributed by atoms with E-state index in [2.05, 4.69) is 9.98 Å². The molecule has 0 bridgehead atoms. The van der Waals surface area contributed by atoms with Gasteiger partial charge in [0.25, 0.3) is 5.56 Å². The van der Waals surface area contributed by atoms with Gasteiger partial charge in [-0.15, -0.1) is 0 Å². The minimum absolute atomic E-state index is 0.181. The maximum absolute atomic E-state index is 13.9. The van der Waals surface area contributed by atoms with Gasteiger partial charge in [-0.3, -0.25) is 9.36 Å². The molecular weight excluding hydrogens is 472 g/mol. The van der Waals surface area contributed by atoms with Gasteiger partial charge in [0.15, 0.2) is 4.80 Å². The van der Waals surface area contributed by atoms with Crippen LogP contribution in [0.25, 0.3) is 17.0 Å². The number of anilines is 1. The quantitative estimate of drug-likeness (QED) is 0.424. The summed E-state index contributed by atoms with van der Waals surface area (Å²) >= 11 is 1.33. The SMILES string of the molecule is CCOC(=O)C1=C(C)N=c2s/c(=C/c3c(C)[nH]c4ccccc34)c(=O)n2[C@@H]1c1ccc(N(C)C)cc1. The number of nitrogens with one attached hydrogen (secondary N) is 1. The van der Waals surface area contributed by atoms with Crippen LogP contribution in [0.15, 0.2) is 69.6 Å². The molecule has 1 aliphatic rings. The number of fused-ring (bicyclic) bond motifs is 2. The average molecular weight is 501 g/mol. The third kappa shape index (κ3) is 3.97. The number of allylic oxidation sites excluding steroid dienone is 1. The van der Waals surface area contributed by atoms with Crippen LogP contribution in [0.1, 0.15) is 36.7 Å². The van der Waals surface area contributed by atoms with Crippen molar-refractivity contribution in [3.63, 3.8) is 0 Å². The Morgan fingerprint density at radius 2 is 1.89 bits per heavy atom. The summed E-state index contributed by atoms with van der Waals surface area (Å²) in [6.45, 7) is 5.81. The molecule has 0 aliphatic carbocycles. The van der Waals surface area contributed by atoms with Crippen LogP contribution in [-0.4, -0.2) is 36.2 Å². The minimum atomic E-state index is -0.622. The lowest BCUT2D eigenvalue weighted by Gasteiger charge is -2.25. The third-order valence-corrected chi connectivity index (χ3v) is 7.44. The van der Waals surface area contributed by atoms with E-state index in [1.807, 2.05) is 80.5 Å². The highest BCUT2D eigenvalue weighted by molar-refractivity contribution is 7.07. The zero-order valence-electron chi connectivity index (χ0n) is 21.0. The highest BCUT2D eigenvalue weighted by atomic mass is 32.1. The molecule has 4 aromatic rings. The lowest BCUT2D eigenvalue weighted by Crippen LogP contribution is -2.40. The van der Waals surface area contributed by atoms with Crippen molar-refractivity contribution < 1.29 is 9.53 Å². The van der Waals surface area contributed by atoms with E-state index in [1.165, 1.54) is 11.3 Å². The zero-order chi connectivity index (χ0) is 25.6. The Labute approximate surface area is 212 Å². The molecule has 2 aromatic heterocycles. The second kappa shape index (κ2) is 9.28. The van der Waals surface area contributed by atoms with Gasteiger partial charge in [0.1, 0.15) is 0 Å². The van der Waals surface area contributed by atoms with Crippen molar-refractivity contribution in [1.82, 2.24) is 9.55 Å². The summed E-state index contributed by atoms with van der Waals surface area (Å²) in [6.07, 6.45) is 1.92. The fraction of sp³-hybridized carbons (Fsp3) is 0.250. The fourth-order valence-corrected chi connectivity index (χ4v) is 5.71. The lowest BCUT2D eigenvalue weighted by atomic mass is 9.95. The summed E-state index contributed by atoms with van der Waals surface area (Å²) in [5.41, 5.74) is 5.61. The number of para-hydroxylation sites is 1. The van der Waals surface area contributed by atoms with Crippen LogP contribution in [0.5, 0.6) is 0 Å². The molecule has 36 heavy (non-hydrogen) atoms. The van der Waals surface area contributed by atoms with Crippen LogP contribution < -0.4 is 19.8 Å². The summed E-state index contributed by atoms with van der Waals surface area (Å²) in [4.78, 5) is 37.6. The topological polar surface area (TPSA) is 79.7 Å². The Hall–Kier alpha value is -3.91. The largest absolute Gasteiger partial charge is 0.463 e. The number of ether oxygens (including phenoxy) is 1. The Bertz CT molecular complexity index is 1690. The van der Waals surface area contributed by atoms with Gasteiger partial charge in [-0.25, -0.2) is 9.79 Å². The third-order valence-electron chi connectivity index (χ3n) is 6.46. The van der Waals surface area contributed by atoms with E-state index in [9.17, 15) is 9.59 Å². The van der Waals surface area contributed by atoms with E-state index in [1.54, 1.807) is 18.4 Å². The molecule has 0 saturated carbocycles. The van der Waals surface area contributed by atoms with Crippen LogP contribution in [0.2, 0.25) is 0 Å².